The molecule has 0 aromatic carbocycles. The van der Waals surface area contributed by atoms with Gasteiger partial charge in [-0.05, 0) is 13.8 Å². The van der Waals surface area contributed by atoms with Crippen molar-refractivity contribution in [2.24, 2.45) is 0 Å². The van der Waals surface area contributed by atoms with Crippen LogP contribution in [0.2, 0.25) is 0 Å². The standard InChI is InChI=1S/C13H15N7/c1-4-20-12(9-5-15-8(2)16-6-9)19-10-11(14-3)17-7-18-13(10)20/h5-7H,4H2,1-3H3,(H,14,17,18). The van der Waals surface area contributed by atoms with Crippen molar-refractivity contribution in [2.75, 3.05) is 12.4 Å². The summed E-state index contributed by atoms with van der Waals surface area (Å²) in [6.07, 6.45) is 5.10. The molecule has 0 radical (unpaired) electrons. The summed E-state index contributed by atoms with van der Waals surface area (Å²) in [5, 5.41) is 3.04. The number of anilines is 1. The first-order valence-electron chi connectivity index (χ1n) is 6.42. The van der Waals surface area contributed by atoms with E-state index < -0.39 is 0 Å². The highest BCUT2D eigenvalue weighted by Gasteiger charge is 2.16. The molecule has 0 saturated heterocycles. The maximum Gasteiger partial charge on any atom is 0.165 e. The SMILES string of the molecule is CCn1c(-c2cnc(C)nc2)nc2c(NC)ncnc21. The number of fused-ring (bicyclic) bond motifs is 1. The van der Waals surface area contributed by atoms with Gasteiger partial charge in [-0.25, -0.2) is 24.9 Å². The van der Waals surface area contributed by atoms with E-state index in [0.717, 1.165) is 40.7 Å². The molecule has 20 heavy (non-hydrogen) atoms. The largest absolute Gasteiger partial charge is 0.371 e. The monoisotopic (exact) mass is 269 g/mol. The minimum Gasteiger partial charge on any atom is -0.371 e. The summed E-state index contributed by atoms with van der Waals surface area (Å²) in [6, 6.07) is 0. The minimum atomic E-state index is 0.719. The van der Waals surface area contributed by atoms with Crippen molar-refractivity contribution in [3.63, 3.8) is 0 Å². The highest BCUT2D eigenvalue weighted by atomic mass is 15.2. The first-order valence-corrected chi connectivity index (χ1v) is 6.42. The normalized spacial score (nSPS) is 10.9. The molecule has 3 heterocycles. The zero-order valence-electron chi connectivity index (χ0n) is 11.6. The second kappa shape index (κ2) is 4.84. The summed E-state index contributed by atoms with van der Waals surface area (Å²) in [5.74, 6) is 2.26. The van der Waals surface area contributed by atoms with Crippen LogP contribution in [-0.4, -0.2) is 36.5 Å². The van der Waals surface area contributed by atoms with Crippen molar-refractivity contribution in [3.05, 3.63) is 24.5 Å². The van der Waals surface area contributed by atoms with Gasteiger partial charge in [0.2, 0.25) is 0 Å². The Morgan fingerprint density at radius 2 is 1.90 bits per heavy atom. The Hall–Kier alpha value is -2.57. The number of aromatic nitrogens is 6. The highest BCUT2D eigenvalue weighted by Crippen LogP contribution is 2.25. The van der Waals surface area contributed by atoms with Crippen LogP contribution in [0.25, 0.3) is 22.6 Å². The van der Waals surface area contributed by atoms with Gasteiger partial charge in [-0.1, -0.05) is 0 Å². The van der Waals surface area contributed by atoms with Gasteiger partial charge >= 0.3 is 0 Å². The van der Waals surface area contributed by atoms with Crippen LogP contribution in [0.3, 0.4) is 0 Å². The summed E-state index contributed by atoms with van der Waals surface area (Å²) in [6.45, 7) is 4.68. The fourth-order valence-corrected chi connectivity index (χ4v) is 2.15. The molecule has 0 atom stereocenters. The average Bonchev–Trinajstić information content (AvgIpc) is 2.86. The van der Waals surface area contributed by atoms with E-state index >= 15 is 0 Å². The molecule has 0 aliphatic carbocycles. The lowest BCUT2D eigenvalue weighted by atomic mass is 10.3. The smallest absolute Gasteiger partial charge is 0.165 e. The van der Waals surface area contributed by atoms with Crippen LogP contribution < -0.4 is 5.32 Å². The molecule has 3 rings (SSSR count). The molecular formula is C13H15N7. The Morgan fingerprint density at radius 1 is 1.15 bits per heavy atom. The first-order chi connectivity index (χ1) is 9.74. The third kappa shape index (κ3) is 1.87. The fraction of sp³-hybridized carbons (Fsp3) is 0.308. The van der Waals surface area contributed by atoms with Gasteiger partial charge in [0.05, 0.1) is 5.56 Å². The fourth-order valence-electron chi connectivity index (χ4n) is 2.15. The molecule has 0 unspecified atom stereocenters. The molecule has 0 saturated carbocycles. The summed E-state index contributed by atoms with van der Waals surface area (Å²) in [7, 11) is 1.82. The van der Waals surface area contributed by atoms with E-state index in [0.29, 0.717) is 0 Å². The number of hydrogen-bond donors (Lipinski definition) is 1. The van der Waals surface area contributed by atoms with E-state index in [4.69, 9.17) is 0 Å². The number of aryl methyl sites for hydroxylation is 2. The van der Waals surface area contributed by atoms with Gasteiger partial charge in [-0.15, -0.1) is 0 Å². The van der Waals surface area contributed by atoms with Crippen molar-refractivity contribution in [1.29, 1.82) is 0 Å². The quantitative estimate of drug-likeness (QED) is 0.778. The van der Waals surface area contributed by atoms with E-state index in [1.165, 1.54) is 6.33 Å². The summed E-state index contributed by atoms with van der Waals surface area (Å²) >= 11 is 0. The Bertz CT molecular complexity index is 745. The van der Waals surface area contributed by atoms with Crippen LogP contribution in [0.4, 0.5) is 5.82 Å². The van der Waals surface area contributed by atoms with Gasteiger partial charge in [0.15, 0.2) is 17.0 Å². The lowest BCUT2D eigenvalue weighted by Crippen LogP contribution is -2.00. The minimum absolute atomic E-state index is 0.719. The van der Waals surface area contributed by atoms with Gasteiger partial charge in [-0.2, -0.15) is 0 Å². The number of hydrogen-bond acceptors (Lipinski definition) is 6. The maximum absolute atomic E-state index is 4.65. The van der Waals surface area contributed by atoms with Crippen LogP contribution in [0.15, 0.2) is 18.7 Å². The van der Waals surface area contributed by atoms with E-state index in [-0.39, 0.29) is 0 Å². The Labute approximate surface area is 116 Å². The maximum atomic E-state index is 4.65. The topological polar surface area (TPSA) is 81.4 Å². The molecule has 0 aliphatic rings. The lowest BCUT2D eigenvalue weighted by molar-refractivity contribution is 0.785. The van der Waals surface area contributed by atoms with Gasteiger partial charge < -0.3 is 9.88 Å². The third-order valence-corrected chi connectivity index (χ3v) is 3.12. The number of rotatable bonds is 3. The molecule has 3 aromatic heterocycles. The second-order valence-electron chi connectivity index (χ2n) is 4.34. The van der Waals surface area contributed by atoms with E-state index in [1.807, 2.05) is 18.5 Å². The molecule has 3 aromatic rings. The van der Waals surface area contributed by atoms with Crippen molar-refractivity contribution in [2.45, 2.75) is 20.4 Å². The van der Waals surface area contributed by atoms with Gasteiger partial charge in [0.1, 0.15) is 18.0 Å². The Kier molecular flexibility index (Phi) is 3.02. The highest BCUT2D eigenvalue weighted by molar-refractivity contribution is 5.86. The van der Waals surface area contributed by atoms with Crippen LogP contribution in [0, 0.1) is 6.92 Å². The van der Waals surface area contributed by atoms with Crippen molar-refractivity contribution in [3.8, 4) is 11.4 Å². The lowest BCUT2D eigenvalue weighted by Gasteiger charge is -2.04. The van der Waals surface area contributed by atoms with E-state index in [2.05, 4.69) is 37.2 Å². The van der Waals surface area contributed by atoms with Gasteiger partial charge in [0.25, 0.3) is 0 Å². The van der Waals surface area contributed by atoms with Crippen LogP contribution >= 0.6 is 0 Å². The molecule has 0 fully saturated rings. The summed E-state index contributed by atoms with van der Waals surface area (Å²) in [4.78, 5) is 21.6. The van der Waals surface area contributed by atoms with E-state index in [1.54, 1.807) is 12.4 Å². The van der Waals surface area contributed by atoms with Gasteiger partial charge in [-0.3, -0.25) is 0 Å². The van der Waals surface area contributed by atoms with E-state index in [9.17, 15) is 0 Å². The van der Waals surface area contributed by atoms with Crippen LogP contribution in [-0.2, 0) is 6.54 Å². The number of nitrogens with one attached hydrogen (secondary N) is 1. The number of nitrogens with zero attached hydrogens (tertiary/aromatic N) is 6. The second-order valence-corrected chi connectivity index (χ2v) is 4.34. The molecule has 7 nitrogen and oxygen atoms in total. The van der Waals surface area contributed by atoms with Crippen molar-refractivity contribution >= 4 is 17.0 Å². The molecule has 102 valence electrons. The summed E-state index contributed by atoms with van der Waals surface area (Å²) in [5.41, 5.74) is 2.44. The number of imidazole rings is 1. The van der Waals surface area contributed by atoms with Gasteiger partial charge in [0, 0.05) is 26.0 Å². The van der Waals surface area contributed by atoms with Crippen molar-refractivity contribution in [1.82, 2.24) is 29.5 Å². The average molecular weight is 269 g/mol. The molecule has 0 spiro atoms. The predicted molar refractivity (Wildman–Crippen MR) is 76.3 cm³/mol. The van der Waals surface area contributed by atoms with Crippen LogP contribution in [0.1, 0.15) is 12.7 Å². The molecule has 0 bridgehead atoms. The molecule has 7 heteroatoms. The first kappa shape index (κ1) is 12.5. The summed E-state index contributed by atoms with van der Waals surface area (Å²) < 4.78 is 2.03. The zero-order valence-corrected chi connectivity index (χ0v) is 11.6. The predicted octanol–water partition coefficient (Wildman–Crippen LogP) is 1.65. The molecule has 0 aliphatic heterocycles. The third-order valence-electron chi connectivity index (χ3n) is 3.12. The van der Waals surface area contributed by atoms with Crippen LogP contribution in [0.5, 0.6) is 0 Å². The molecule has 1 N–H and O–H groups in total. The van der Waals surface area contributed by atoms with Crippen molar-refractivity contribution < 1.29 is 0 Å². The molecule has 0 amide bonds. The zero-order chi connectivity index (χ0) is 14.1. The Balaban J connectivity index is 2.27. The molecular weight excluding hydrogens is 254 g/mol. The Morgan fingerprint density at radius 3 is 2.55 bits per heavy atom.